The number of nitrogens with one attached hydrogen (secondary N) is 2. The Balaban J connectivity index is 0.00000323. The van der Waals surface area contributed by atoms with Gasteiger partial charge < -0.3 is 19.7 Å². The number of benzene rings is 2. The largest absolute Gasteiger partial charge is 1.00 e. The average molecular weight is 744 g/mol. The zero-order chi connectivity index (χ0) is 30.1. The smallest absolute Gasteiger partial charge is 0.744 e. The average Bonchev–Trinajstić information content (AvgIpc) is 2.85. The summed E-state index contributed by atoms with van der Waals surface area (Å²) in [5, 5.41) is 4.34. The van der Waals surface area contributed by atoms with E-state index in [0.717, 1.165) is 24.3 Å². The van der Waals surface area contributed by atoms with Gasteiger partial charge in [-0.15, -0.1) is 0 Å². The molecule has 0 amide bonds. The summed E-state index contributed by atoms with van der Waals surface area (Å²) >= 11 is 29.1. The van der Waals surface area contributed by atoms with Crippen molar-refractivity contribution in [3.8, 4) is 0 Å². The number of anilines is 4. The first kappa shape index (κ1) is 38.3. The fourth-order valence-electron chi connectivity index (χ4n) is 3.24. The van der Waals surface area contributed by atoms with Gasteiger partial charge in [-0.3, -0.25) is 0 Å². The first-order valence-electron chi connectivity index (χ1n) is 10.5. The van der Waals surface area contributed by atoms with Gasteiger partial charge in [0, 0.05) is 11.4 Å². The standard InChI is InChI=1S/C21H12Cl5N7O6S2.2Na/c22-15-16(23)29-18(24)30-17(15)27-11-5-3-9(13(7-11)40(34,35)36)1-2-10-4-6-12(8-14(10)41(37,38)39)28-21-32-19(25)31-20(26)33-21;;/h1-8H,(H,27,29,30)(H,34,35,36)(H,37,38,39)(H,28,31,32,33);;/q;2*+1/p-2. The fourth-order valence-corrected chi connectivity index (χ4v) is 5.51. The number of nitrogens with zero attached hydrogens (tertiary/aromatic N) is 5. The molecule has 4 rings (SSSR count). The van der Waals surface area contributed by atoms with Crippen LogP contribution < -0.4 is 69.7 Å². The van der Waals surface area contributed by atoms with Crippen LogP contribution in [-0.4, -0.2) is 50.9 Å². The Kier molecular flexibility index (Phi) is 13.9. The number of halogens is 5. The van der Waals surface area contributed by atoms with Gasteiger partial charge in [-0.1, -0.05) is 47.5 Å². The van der Waals surface area contributed by atoms with E-state index in [-0.39, 0.29) is 119 Å². The molecule has 22 heteroatoms. The summed E-state index contributed by atoms with van der Waals surface area (Å²) in [6.45, 7) is 0. The van der Waals surface area contributed by atoms with E-state index in [1.54, 1.807) is 0 Å². The molecule has 0 spiro atoms. The van der Waals surface area contributed by atoms with Crippen molar-refractivity contribution in [1.82, 2.24) is 24.9 Å². The second-order valence-corrected chi connectivity index (χ2v) is 12.1. The molecule has 4 aromatic rings. The summed E-state index contributed by atoms with van der Waals surface area (Å²) in [6, 6.07) is 7.23. The Morgan fingerprint density at radius 2 is 1.07 bits per heavy atom. The number of aromatic nitrogens is 5. The fraction of sp³-hybridized carbons (Fsp3) is 0. The maximum atomic E-state index is 12.0. The minimum absolute atomic E-state index is 0. The summed E-state index contributed by atoms with van der Waals surface area (Å²) in [7, 11) is -10.1. The van der Waals surface area contributed by atoms with Crippen molar-refractivity contribution < 1.29 is 85.1 Å². The van der Waals surface area contributed by atoms with Gasteiger partial charge in [0.25, 0.3) is 0 Å². The maximum Gasteiger partial charge on any atom is 1.00 e. The van der Waals surface area contributed by atoms with Crippen molar-refractivity contribution in [2.45, 2.75) is 9.79 Å². The quantitative estimate of drug-likeness (QED) is 0.0763. The number of rotatable bonds is 8. The zero-order valence-corrected chi connectivity index (χ0v) is 30.9. The molecule has 2 heterocycles. The summed E-state index contributed by atoms with van der Waals surface area (Å²) < 4.78 is 72.1. The molecule has 13 nitrogen and oxygen atoms in total. The molecule has 0 saturated carbocycles. The van der Waals surface area contributed by atoms with Gasteiger partial charge in [-0.2, -0.15) is 19.9 Å². The van der Waals surface area contributed by atoms with Crippen molar-refractivity contribution in [3.05, 3.63) is 73.6 Å². The van der Waals surface area contributed by atoms with Gasteiger partial charge >= 0.3 is 59.1 Å². The van der Waals surface area contributed by atoms with E-state index in [1.807, 2.05) is 0 Å². The molecule has 214 valence electrons. The van der Waals surface area contributed by atoms with Crippen LogP contribution in [0, 0.1) is 0 Å². The van der Waals surface area contributed by atoms with Gasteiger partial charge in [0.05, 0.1) is 9.79 Å². The molecule has 0 saturated heterocycles. The van der Waals surface area contributed by atoms with Crippen LogP contribution >= 0.6 is 58.0 Å². The monoisotopic (exact) mass is 741 g/mol. The van der Waals surface area contributed by atoms with Crippen molar-refractivity contribution in [3.63, 3.8) is 0 Å². The van der Waals surface area contributed by atoms with Crippen molar-refractivity contribution >= 4 is 114 Å². The molecular formula is C21H10Cl5N7Na2O6S2. The predicted octanol–water partition coefficient (Wildman–Crippen LogP) is -0.598. The molecule has 0 fully saturated rings. The Bertz CT molecular complexity index is 1920. The molecule has 43 heavy (non-hydrogen) atoms. The normalized spacial score (nSPS) is 11.5. The van der Waals surface area contributed by atoms with Gasteiger partial charge in [0.2, 0.25) is 21.8 Å². The van der Waals surface area contributed by atoms with E-state index in [9.17, 15) is 25.9 Å². The molecule has 2 aromatic carbocycles. The molecule has 2 N–H and O–H groups in total. The first-order valence-corrected chi connectivity index (χ1v) is 15.2. The molecule has 0 bridgehead atoms. The Morgan fingerprint density at radius 3 is 1.53 bits per heavy atom. The molecule has 0 radical (unpaired) electrons. The number of hydrogen-bond donors (Lipinski definition) is 2. The SMILES string of the molecule is O=S(=O)([O-])c1cc(Nc2nc(Cl)nc(Cl)n2)ccc1C=Cc1ccc(Nc2nc(Cl)nc(Cl)c2Cl)cc1S(=O)(=O)[O-].[Na+].[Na+]. The van der Waals surface area contributed by atoms with Crippen LogP contribution in [0.15, 0.2) is 46.2 Å². The summed E-state index contributed by atoms with van der Waals surface area (Å²) in [4.78, 5) is 17.3. The van der Waals surface area contributed by atoms with Gasteiger partial charge in [0.1, 0.15) is 25.3 Å². The third kappa shape index (κ3) is 10.3. The number of hydrogen-bond acceptors (Lipinski definition) is 13. The van der Waals surface area contributed by atoms with Crippen molar-refractivity contribution in [2.75, 3.05) is 10.6 Å². The third-order valence-corrected chi connectivity index (χ3v) is 7.91. The van der Waals surface area contributed by atoms with E-state index in [1.165, 1.54) is 24.3 Å². The molecule has 2 aromatic heterocycles. The molecule has 0 aliphatic heterocycles. The van der Waals surface area contributed by atoms with Crippen LogP contribution in [-0.2, 0) is 20.2 Å². The van der Waals surface area contributed by atoms with Crippen LogP contribution in [0.5, 0.6) is 0 Å². The molecule has 0 aliphatic carbocycles. The van der Waals surface area contributed by atoms with Gasteiger partial charge in [-0.05, 0) is 70.2 Å². The van der Waals surface area contributed by atoms with Crippen LogP contribution in [0.3, 0.4) is 0 Å². The minimum Gasteiger partial charge on any atom is -0.744 e. The third-order valence-electron chi connectivity index (χ3n) is 4.89. The zero-order valence-electron chi connectivity index (χ0n) is 21.5. The summed E-state index contributed by atoms with van der Waals surface area (Å²) in [6.07, 6.45) is 2.28. The first-order chi connectivity index (χ1) is 19.1. The Labute approximate surface area is 313 Å². The van der Waals surface area contributed by atoms with E-state index >= 15 is 0 Å². The van der Waals surface area contributed by atoms with Gasteiger partial charge in [0.15, 0.2) is 11.0 Å². The molecule has 0 atom stereocenters. The second-order valence-electron chi connectivity index (χ2n) is 7.64. The van der Waals surface area contributed by atoms with E-state index in [4.69, 9.17) is 58.0 Å². The van der Waals surface area contributed by atoms with Crippen LogP contribution in [0.4, 0.5) is 23.1 Å². The Hall–Kier alpha value is -0.860. The predicted molar refractivity (Wildman–Crippen MR) is 151 cm³/mol. The molecule has 0 aliphatic rings. The van der Waals surface area contributed by atoms with E-state index in [2.05, 4.69) is 35.6 Å². The van der Waals surface area contributed by atoms with Crippen LogP contribution in [0.25, 0.3) is 12.2 Å². The minimum atomic E-state index is -5.06. The topological polar surface area (TPSA) is 203 Å². The van der Waals surface area contributed by atoms with Crippen LogP contribution in [0.1, 0.15) is 11.1 Å². The second kappa shape index (κ2) is 15.6. The van der Waals surface area contributed by atoms with E-state index in [0.29, 0.717) is 0 Å². The van der Waals surface area contributed by atoms with Gasteiger partial charge in [-0.25, -0.2) is 21.8 Å². The van der Waals surface area contributed by atoms with Crippen molar-refractivity contribution in [1.29, 1.82) is 0 Å². The van der Waals surface area contributed by atoms with Crippen LogP contribution in [0.2, 0.25) is 26.0 Å². The summed E-state index contributed by atoms with van der Waals surface area (Å²) in [5.41, 5.74) is -0.0927. The van der Waals surface area contributed by atoms with E-state index < -0.39 is 30.0 Å². The Morgan fingerprint density at radius 1 is 0.628 bits per heavy atom. The summed E-state index contributed by atoms with van der Waals surface area (Å²) in [5.74, 6) is -0.186. The maximum absolute atomic E-state index is 12.0. The van der Waals surface area contributed by atoms with Crippen molar-refractivity contribution in [2.24, 2.45) is 0 Å². The molecular weight excluding hydrogens is 734 g/mol. The molecule has 0 unspecified atom stereocenters.